The van der Waals surface area contributed by atoms with Gasteiger partial charge in [-0.1, -0.05) is 18.2 Å². The molecule has 0 unspecified atom stereocenters. The largest absolute Gasteiger partial charge is 0.497 e. The first-order chi connectivity index (χ1) is 14.1. The molecule has 0 saturated carbocycles. The highest BCUT2D eigenvalue weighted by Crippen LogP contribution is 2.26. The Bertz CT molecular complexity index is 1090. The average Bonchev–Trinajstić information content (AvgIpc) is 3.18. The van der Waals surface area contributed by atoms with Crippen molar-refractivity contribution in [3.63, 3.8) is 0 Å². The molecule has 0 aliphatic rings. The molecule has 5 heteroatoms. The van der Waals surface area contributed by atoms with Gasteiger partial charge in [0, 0.05) is 28.3 Å². The number of methoxy groups -OCH3 is 2. The van der Waals surface area contributed by atoms with Gasteiger partial charge in [-0.15, -0.1) is 0 Å². The van der Waals surface area contributed by atoms with E-state index in [2.05, 4.69) is 0 Å². The highest BCUT2D eigenvalue weighted by molar-refractivity contribution is 6.18. The van der Waals surface area contributed by atoms with Gasteiger partial charge < -0.3 is 9.47 Å². The smallest absolute Gasteiger partial charge is 0.262 e. The van der Waals surface area contributed by atoms with Gasteiger partial charge in [0.1, 0.15) is 11.5 Å². The summed E-state index contributed by atoms with van der Waals surface area (Å²) in [5, 5.41) is 0.732. The summed E-state index contributed by atoms with van der Waals surface area (Å²) in [5.41, 5.74) is 2.21. The summed E-state index contributed by atoms with van der Waals surface area (Å²) in [6.45, 7) is 0. The van der Waals surface area contributed by atoms with Gasteiger partial charge >= 0.3 is 0 Å². The van der Waals surface area contributed by atoms with Gasteiger partial charge in [0.05, 0.1) is 19.7 Å². The quantitative estimate of drug-likeness (QED) is 0.472. The molecule has 1 aromatic heterocycles. The van der Waals surface area contributed by atoms with Gasteiger partial charge in [0.15, 0.2) is 5.78 Å². The van der Waals surface area contributed by atoms with Gasteiger partial charge in [-0.3, -0.25) is 14.2 Å². The zero-order chi connectivity index (χ0) is 20.4. The molecule has 0 atom stereocenters. The SMILES string of the molecule is COc1ccc(C(=O)c2cn(C(=O)c3ccc(OC)cc3)c3ccccc23)cc1. The van der Waals surface area contributed by atoms with Gasteiger partial charge in [0.2, 0.25) is 0 Å². The second-order valence-corrected chi connectivity index (χ2v) is 6.52. The lowest BCUT2D eigenvalue weighted by Crippen LogP contribution is -2.11. The van der Waals surface area contributed by atoms with Crippen LogP contribution in [0.15, 0.2) is 79.0 Å². The second kappa shape index (κ2) is 7.64. The molecule has 0 aliphatic heterocycles. The molecular weight excluding hydrogens is 366 g/mol. The Hall–Kier alpha value is -3.86. The Labute approximate surface area is 168 Å². The van der Waals surface area contributed by atoms with Crippen LogP contribution in [0, 0.1) is 0 Å². The standard InChI is InChI=1S/C24H19NO4/c1-28-18-11-7-16(8-12-18)23(26)21-15-25(22-6-4-3-5-20(21)22)24(27)17-9-13-19(29-2)14-10-17/h3-15H,1-2H3. The molecule has 0 aliphatic carbocycles. The van der Waals surface area contributed by atoms with E-state index in [9.17, 15) is 9.59 Å². The normalized spacial score (nSPS) is 10.7. The van der Waals surface area contributed by atoms with Crippen LogP contribution in [0.3, 0.4) is 0 Å². The number of rotatable bonds is 5. The van der Waals surface area contributed by atoms with Crippen molar-refractivity contribution in [1.29, 1.82) is 0 Å². The second-order valence-electron chi connectivity index (χ2n) is 6.52. The number of ketones is 1. The number of aromatic nitrogens is 1. The Balaban J connectivity index is 1.78. The maximum atomic E-state index is 13.1. The molecule has 0 saturated heterocycles. The van der Waals surface area contributed by atoms with E-state index >= 15 is 0 Å². The first-order valence-corrected chi connectivity index (χ1v) is 9.10. The van der Waals surface area contributed by atoms with Crippen LogP contribution in [0.4, 0.5) is 0 Å². The van der Waals surface area contributed by atoms with Crippen molar-refractivity contribution in [3.8, 4) is 11.5 Å². The van der Waals surface area contributed by atoms with Crippen molar-refractivity contribution >= 4 is 22.6 Å². The highest BCUT2D eigenvalue weighted by Gasteiger charge is 2.20. The molecule has 0 spiro atoms. The van der Waals surface area contributed by atoms with Gasteiger partial charge in [-0.05, 0) is 54.6 Å². The molecular formula is C24H19NO4. The van der Waals surface area contributed by atoms with Crippen molar-refractivity contribution in [2.24, 2.45) is 0 Å². The van der Waals surface area contributed by atoms with Crippen molar-refractivity contribution < 1.29 is 19.1 Å². The van der Waals surface area contributed by atoms with Crippen LogP contribution < -0.4 is 9.47 Å². The third-order valence-corrected chi connectivity index (χ3v) is 4.86. The van der Waals surface area contributed by atoms with E-state index in [0.717, 1.165) is 5.39 Å². The van der Waals surface area contributed by atoms with Crippen LogP contribution >= 0.6 is 0 Å². The molecule has 1 heterocycles. The molecule has 0 radical (unpaired) electrons. The third-order valence-electron chi connectivity index (χ3n) is 4.86. The summed E-state index contributed by atoms with van der Waals surface area (Å²) in [6, 6.07) is 21.2. The number of hydrogen-bond donors (Lipinski definition) is 0. The van der Waals surface area contributed by atoms with Crippen LogP contribution in [-0.2, 0) is 0 Å². The maximum absolute atomic E-state index is 13.1. The fraction of sp³-hybridized carbons (Fsp3) is 0.0833. The Morgan fingerprint density at radius 2 is 1.28 bits per heavy atom. The topological polar surface area (TPSA) is 57.5 Å². The Kier molecular flexibility index (Phi) is 4.87. The summed E-state index contributed by atoms with van der Waals surface area (Å²) in [5.74, 6) is 0.996. The molecule has 0 N–H and O–H groups in total. The van der Waals surface area contributed by atoms with E-state index in [4.69, 9.17) is 9.47 Å². The number of carbonyl (C=O) groups excluding carboxylic acids is 2. The van der Waals surface area contributed by atoms with Gasteiger partial charge in [0.25, 0.3) is 5.91 Å². The van der Waals surface area contributed by atoms with Crippen LogP contribution in [-0.4, -0.2) is 30.5 Å². The highest BCUT2D eigenvalue weighted by atomic mass is 16.5. The lowest BCUT2D eigenvalue weighted by atomic mass is 10.0. The molecule has 4 rings (SSSR count). The monoisotopic (exact) mass is 385 g/mol. The molecule has 0 amide bonds. The minimum atomic E-state index is -0.211. The zero-order valence-corrected chi connectivity index (χ0v) is 16.1. The molecule has 0 fully saturated rings. The van der Waals surface area contributed by atoms with E-state index in [1.54, 1.807) is 68.9 Å². The summed E-state index contributed by atoms with van der Waals surface area (Å²) in [4.78, 5) is 26.2. The lowest BCUT2D eigenvalue weighted by molar-refractivity contribution is 0.0965. The fourth-order valence-corrected chi connectivity index (χ4v) is 3.30. The Morgan fingerprint density at radius 1 is 0.724 bits per heavy atom. The fourth-order valence-electron chi connectivity index (χ4n) is 3.30. The summed E-state index contributed by atoms with van der Waals surface area (Å²) >= 11 is 0. The van der Waals surface area contributed by atoms with Gasteiger partial charge in [-0.2, -0.15) is 0 Å². The van der Waals surface area contributed by atoms with Crippen LogP contribution in [0.1, 0.15) is 26.3 Å². The molecule has 5 nitrogen and oxygen atoms in total. The number of para-hydroxylation sites is 1. The van der Waals surface area contributed by atoms with Crippen LogP contribution in [0.2, 0.25) is 0 Å². The number of fused-ring (bicyclic) bond motifs is 1. The first-order valence-electron chi connectivity index (χ1n) is 9.10. The molecule has 4 aromatic rings. The number of hydrogen-bond acceptors (Lipinski definition) is 4. The van der Waals surface area contributed by atoms with Crippen LogP contribution in [0.25, 0.3) is 10.9 Å². The van der Waals surface area contributed by atoms with Crippen molar-refractivity contribution in [2.45, 2.75) is 0 Å². The number of nitrogens with zero attached hydrogens (tertiary/aromatic N) is 1. The van der Waals surface area contributed by atoms with Crippen molar-refractivity contribution in [2.75, 3.05) is 14.2 Å². The average molecular weight is 385 g/mol. The predicted octanol–water partition coefficient (Wildman–Crippen LogP) is 4.58. The predicted molar refractivity (Wildman–Crippen MR) is 111 cm³/mol. The zero-order valence-electron chi connectivity index (χ0n) is 16.1. The Morgan fingerprint density at radius 3 is 1.86 bits per heavy atom. The molecule has 29 heavy (non-hydrogen) atoms. The first kappa shape index (κ1) is 18.5. The van der Waals surface area contributed by atoms with E-state index in [1.165, 1.54) is 4.57 Å². The molecule has 144 valence electrons. The summed E-state index contributed by atoms with van der Waals surface area (Å²) in [7, 11) is 3.16. The van der Waals surface area contributed by atoms with Crippen molar-refractivity contribution in [3.05, 3.63) is 95.7 Å². The van der Waals surface area contributed by atoms with Crippen molar-refractivity contribution in [1.82, 2.24) is 4.57 Å². The van der Waals surface area contributed by atoms with E-state index in [1.807, 2.05) is 24.3 Å². The molecule has 3 aromatic carbocycles. The third kappa shape index (κ3) is 3.38. The minimum absolute atomic E-state index is 0.148. The van der Waals surface area contributed by atoms with E-state index in [-0.39, 0.29) is 11.7 Å². The maximum Gasteiger partial charge on any atom is 0.262 e. The van der Waals surface area contributed by atoms with Gasteiger partial charge in [-0.25, -0.2) is 0 Å². The number of ether oxygens (including phenoxy) is 2. The minimum Gasteiger partial charge on any atom is -0.497 e. The summed E-state index contributed by atoms with van der Waals surface area (Å²) in [6.07, 6.45) is 1.61. The number of carbonyl (C=O) groups is 2. The number of benzene rings is 3. The summed E-state index contributed by atoms with van der Waals surface area (Å²) < 4.78 is 11.8. The lowest BCUT2D eigenvalue weighted by Gasteiger charge is -2.05. The van der Waals surface area contributed by atoms with E-state index < -0.39 is 0 Å². The molecule has 0 bridgehead atoms. The van der Waals surface area contributed by atoms with Crippen LogP contribution in [0.5, 0.6) is 11.5 Å². The van der Waals surface area contributed by atoms with E-state index in [0.29, 0.717) is 33.7 Å².